The predicted octanol–water partition coefficient (Wildman–Crippen LogP) is 2.03. The maximum atomic E-state index is 13.4. The van der Waals surface area contributed by atoms with E-state index < -0.39 is 0 Å². The first-order chi connectivity index (χ1) is 10.2. The molecule has 1 heterocycles. The van der Waals surface area contributed by atoms with E-state index in [9.17, 15) is 9.18 Å². The summed E-state index contributed by atoms with van der Waals surface area (Å²) in [5, 5.41) is 6.76. The summed E-state index contributed by atoms with van der Waals surface area (Å²) in [6.45, 7) is 2.30. The van der Waals surface area contributed by atoms with Crippen molar-refractivity contribution in [3.05, 3.63) is 48.3 Å². The van der Waals surface area contributed by atoms with Gasteiger partial charge in [-0.2, -0.15) is 16.9 Å². The van der Waals surface area contributed by atoms with Gasteiger partial charge < -0.3 is 5.32 Å². The molecule has 1 aromatic heterocycles. The zero-order valence-corrected chi connectivity index (χ0v) is 12.5. The summed E-state index contributed by atoms with van der Waals surface area (Å²) in [6.07, 6.45) is 2.91. The predicted molar refractivity (Wildman–Crippen MR) is 80.3 cm³/mol. The summed E-state index contributed by atoms with van der Waals surface area (Å²) >= 11 is 1.58. The van der Waals surface area contributed by atoms with Crippen molar-refractivity contribution in [2.75, 3.05) is 12.3 Å². The van der Waals surface area contributed by atoms with E-state index in [2.05, 4.69) is 15.4 Å². The summed E-state index contributed by atoms with van der Waals surface area (Å²) in [6, 6.07) is 6.34. The number of hydrogen-bond acceptors (Lipinski definition) is 4. The van der Waals surface area contributed by atoms with Crippen molar-refractivity contribution in [2.45, 2.75) is 18.7 Å². The molecule has 0 saturated carbocycles. The molecule has 1 amide bonds. The third kappa shape index (κ3) is 4.56. The molecule has 0 radical (unpaired) electrons. The van der Waals surface area contributed by atoms with E-state index >= 15 is 0 Å². The molecular formula is C14H17FN4OS. The van der Waals surface area contributed by atoms with E-state index in [1.165, 1.54) is 23.4 Å². The maximum absolute atomic E-state index is 13.4. The van der Waals surface area contributed by atoms with Crippen molar-refractivity contribution in [3.63, 3.8) is 0 Å². The van der Waals surface area contributed by atoms with Crippen LogP contribution in [0.5, 0.6) is 0 Å². The summed E-state index contributed by atoms with van der Waals surface area (Å²) in [5.74, 6) is 1.03. The van der Waals surface area contributed by atoms with Crippen molar-refractivity contribution < 1.29 is 9.18 Å². The van der Waals surface area contributed by atoms with Gasteiger partial charge in [0.05, 0.1) is 0 Å². The zero-order chi connectivity index (χ0) is 15.1. The van der Waals surface area contributed by atoms with E-state index in [0.717, 1.165) is 5.75 Å². The van der Waals surface area contributed by atoms with Gasteiger partial charge >= 0.3 is 0 Å². The second-order valence-electron chi connectivity index (χ2n) is 4.49. The smallest absolute Gasteiger partial charge is 0.244 e. The molecule has 1 N–H and O–H groups in total. The van der Waals surface area contributed by atoms with Crippen molar-refractivity contribution in [1.29, 1.82) is 0 Å². The molecule has 0 bridgehead atoms. The van der Waals surface area contributed by atoms with Gasteiger partial charge in [-0.1, -0.05) is 18.2 Å². The molecule has 0 saturated heterocycles. The molecule has 1 atom stereocenters. The Kier molecular flexibility index (Phi) is 5.74. The number of carbonyl (C=O) groups excluding carboxylic acids is 1. The van der Waals surface area contributed by atoms with E-state index in [1.807, 2.05) is 6.07 Å². The number of nitrogens with zero attached hydrogens (tertiary/aromatic N) is 3. The lowest BCUT2D eigenvalue weighted by Gasteiger charge is -2.11. The minimum Gasteiger partial charge on any atom is -0.353 e. The van der Waals surface area contributed by atoms with Gasteiger partial charge in [0.1, 0.15) is 24.5 Å². The molecule has 7 heteroatoms. The molecule has 5 nitrogen and oxygen atoms in total. The Hall–Kier alpha value is -1.89. The molecule has 1 aromatic carbocycles. The van der Waals surface area contributed by atoms with Crippen LogP contribution in [0, 0.1) is 5.82 Å². The summed E-state index contributed by atoms with van der Waals surface area (Å²) < 4.78 is 14.9. The highest BCUT2D eigenvalue weighted by atomic mass is 32.2. The first kappa shape index (κ1) is 15.5. The average molecular weight is 308 g/mol. The molecule has 2 aromatic rings. The Balaban J connectivity index is 1.66. The minimum atomic E-state index is -0.385. The van der Waals surface area contributed by atoms with Crippen molar-refractivity contribution in [3.8, 4) is 0 Å². The van der Waals surface area contributed by atoms with Crippen molar-refractivity contribution in [1.82, 2.24) is 20.1 Å². The van der Waals surface area contributed by atoms with E-state index in [-0.39, 0.29) is 17.8 Å². The Morgan fingerprint density at radius 1 is 1.48 bits per heavy atom. The highest BCUT2D eigenvalue weighted by molar-refractivity contribution is 7.98. The number of carbonyl (C=O) groups is 1. The monoisotopic (exact) mass is 308 g/mol. The van der Waals surface area contributed by atoms with Crippen LogP contribution in [0.2, 0.25) is 0 Å². The van der Waals surface area contributed by atoms with Crippen LogP contribution in [0.25, 0.3) is 0 Å². The van der Waals surface area contributed by atoms with Crippen LogP contribution in [0.1, 0.15) is 18.5 Å². The second kappa shape index (κ2) is 7.78. The number of thioether (sulfide) groups is 1. The number of halogens is 1. The second-order valence-corrected chi connectivity index (χ2v) is 5.59. The number of rotatable bonds is 7. The fraction of sp³-hybridized carbons (Fsp3) is 0.357. The lowest BCUT2D eigenvalue weighted by Crippen LogP contribution is -2.32. The number of hydrogen-bond donors (Lipinski definition) is 1. The quantitative estimate of drug-likeness (QED) is 0.795. The Morgan fingerprint density at radius 3 is 3.00 bits per heavy atom. The molecule has 0 aliphatic carbocycles. The lowest BCUT2D eigenvalue weighted by atomic mass is 10.2. The molecule has 0 aliphatic heterocycles. The van der Waals surface area contributed by atoms with E-state index in [1.54, 1.807) is 30.8 Å². The van der Waals surface area contributed by atoms with Crippen LogP contribution in [0.4, 0.5) is 4.39 Å². The molecule has 21 heavy (non-hydrogen) atoms. The first-order valence-electron chi connectivity index (χ1n) is 6.61. The highest BCUT2D eigenvalue weighted by Gasteiger charge is 2.14. The zero-order valence-electron chi connectivity index (χ0n) is 11.7. The fourth-order valence-corrected chi connectivity index (χ4v) is 2.57. The van der Waals surface area contributed by atoms with Gasteiger partial charge in [-0.25, -0.2) is 14.1 Å². The highest BCUT2D eigenvalue weighted by Crippen LogP contribution is 2.14. The van der Waals surface area contributed by atoms with Gasteiger partial charge in [0, 0.05) is 18.1 Å². The maximum Gasteiger partial charge on any atom is 0.244 e. The topological polar surface area (TPSA) is 59.8 Å². The molecule has 112 valence electrons. The normalized spacial score (nSPS) is 12.1. The van der Waals surface area contributed by atoms with Crippen LogP contribution >= 0.6 is 11.8 Å². The van der Waals surface area contributed by atoms with Crippen LogP contribution in [-0.4, -0.2) is 33.0 Å². The Morgan fingerprint density at radius 2 is 2.29 bits per heavy atom. The number of benzene rings is 1. The molecule has 2 rings (SSSR count). The van der Waals surface area contributed by atoms with Crippen LogP contribution < -0.4 is 5.32 Å². The molecular weight excluding hydrogens is 291 g/mol. The molecule has 0 aliphatic rings. The average Bonchev–Trinajstić information content (AvgIpc) is 3.02. The van der Waals surface area contributed by atoms with Gasteiger partial charge in [-0.05, 0) is 18.6 Å². The van der Waals surface area contributed by atoms with Gasteiger partial charge in [0.2, 0.25) is 5.91 Å². The third-order valence-electron chi connectivity index (χ3n) is 2.97. The van der Waals surface area contributed by atoms with Gasteiger partial charge in [0.15, 0.2) is 0 Å². The fourth-order valence-electron chi connectivity index (χ4n) is 1.73. The SMILES string of the molecule is CC(C(=O)NCCSCc1ccccc1F)n1cncn1. The standard InChI is InChI=1S/C14H17FN4OS/c1-11(19-10-16-9-18-19)14(20)17-6-7-21-8-12-4-2-3-5-13(12)15/h2-5,9-11H,6-8H2,1H3,(H,17,20). The van der Waals surface area contributed by atoms with E-state index in [0.29, 0.717) is 17.9 Å². The summed E-state index contributed by atoms with van der Waals surface area (Å²) in [7, 11) is 0. The number of amides is 1. The first-order valence-corrected chi connectivity index (χ1v) is 7.77. The van der Waals surface area contributed by atoms with Gasteiger partial charge in [0.25, 0.3) is 0 Å². The van der Waals surface area contributed by atoms with Gasteiger partial charge in [-0.3, -0.25) is 4.79 Å². The minimum absolute atomic E-state index is 0.105. The van der Waals surface area contributed by atoms with Crippen molar-refractivity contribution >= 4 is 17.7 Å². The van der Waals surface area contributed by atoms with Crippen LogP contribution in [0.15, 0.2) is 36.9 Å². The van der Waals surface area contributed by atoms with Crippen LogP contribution in [0.3, 0.4) is 0 Å². The Labute approximate surface area is 127 Å². The number of nitrogens with one attached hydrogen (secondary N) is 1. The third-order valence-corrected chi connectivity index (χ3v) is 3.98. The summed E-state index contributed by atoms with van der Waals surface area (Å²) in [4.78, 5) is 15.7. The van der Waals surface area contributed by atoms with Crippen LogP contribution in [-0.2, 0) is 10.5 Å². The lowest BCUT2D eigenvalue weighted by molar-refractivity contribution is -0.124. The van der Waals surface area contributed by atoms with E-state index in [4.69, 9.17) is 0 Å². The number of aromatic nitrogens is 3. The Bertz CT molecular complexity index is 576. The molecule has 0 spiro atoms. The molecule has 0 fully saturated rings. The summed E-state index contributed by atoms with van der Waals surface area (Å²) in [5.41, 5.74) is 0.685. The molecule has 1 unspecified atom stereocenters. The van der Waals surface area contributed by atoms with Gasteiger partial charge in [-0.15, -0.1) is 0 Å². The van der Waals surface area contributed by atoms with Crippen molar-refractivity contribution in [2.24, 2.45) is 0 Å². The largest absolute Gasteiger partial charge is 0.353 e.